The van der Waals surface area contributed by atoms with Crippen LogP contribution >= 0.6 is 0 Å². The fourth-order valence-corrected chi connectivity index (χ4v) is 0.683. The molecule has 0 unspecified atom stereocenters. The fourth-order valence-electron chi connectivity index (χ4n) is 0.683. The number of nitrogens with zero attached hydrogens (tertiary/aromatic N) is 4. The van der Waals surface area contributed by atoms with E-state index in [-0.39, 0.29) is 6.73 Å². The molecule has 0 saturated heterocycles. The molecule has 6 nitrogen and oxygen atoms in total. The molecule has 0 aromatic heterocycles. The van der Waals surface area contributed by atoms with E-state index in [2.05, 4.69) is 14.8 Å². The zero-order valence-electron chi connectivity index (χ0n) is 7.23. The topological polar surface area (TPSA) is 78.3 Å². The Labute approximate surface area is 70.7 Å². The van der Waals surface area contributed by atoms with Crippen LogP contribution in [0.3, 0.4) is 0 Å². The molecule has 0 spiro atoms. The van der Waals surface area contributed by atoms with Crippen molar-refractivity contribution >= 4 is 6.09 Å². The maximum absolute atomic E-state index is 11.0. The number of carbonyl (C=O) groups excluding carboxylic acids is 1. The minimum atomic E-state index is -0.451. The van der Waals surface area contributed by atoms with Gasteiger partial charge in [0.25, 0.3) is 0 Å². The first-order valence-corrected chi connectivity index (χ1v) is 3.68. The highest BCUT2D eigenvalue weighted by atomic mass is 16.6. The van der Waals surface area contributed by atoms with Gasteiger partial charge in [-0.05, 0) is 19.4 Å². The largest absolute Gasteiger partial charge is 0.443 e. The SMILES string of the molecule is CCN(CC)C(=O)OCN=[N+]=[N-]. The fraction of sp³-hybridized carbons (Fsp3) is 0.833. The van der Waals surface area contributed by atoms with Gasteiger partial charge in [0.15, 0.2) is 6.73 Å². The molecule has 0 aromatic carbocycles. The third-order valence-corrected chi connectivity index (χ3v) is 1.33. The van der Waals surface area contributed by atoms with E-state index >= 15 is 0 Å². The van der Waals surface area contributed by atoms with Gasteiger partial charge in [0.05, 0.1) is 0 Å². The summed E-state index contributed by atoms with van der Waals surface area (Å²) in [6.45, 7) is 4.62. The van der Waals surface area contributed by atoms with Gasteiger partial charge in [-0.3, -0.25) is 0 Å². The van der Waals surface area contributed by atoms with Crippen molar-refractivity contribution in [1.29, 1.82) is 0 Å². The summed E-state index contributed by atoms with van der Waals surface area (Å²) >= 11 is 0. The number of carbonyl (C=O) groups is 1. The van der Waals surface area contributed by atoms with Gasteiger partial charge in [0.2, 0.25) is 0 Å². The van der Waals surface area contributed by atoms with Crippen LogP contribution in [0.1, 0.15) is 13.8 Å². The van der Waals surface area contributed by atoms with Crippen LogP contribution in [0.4, 0.5) is 4.79 Å². The molecular formula is C6H12N4O2. The first kappa shape index (κ1) is 10.6. The van der Waals surface area contributed by atoms with E-state index in [0.29, 0.717) is 13.1 Å². The Kier molecular flexibility index (Phi) is 5.55. The Morgan fingerprint density at radius 2 is 2.17 bits per heavy atom. The Morgan fingerprint density at radius 3 is 2.58 bits per heavy atom. The Balaban J connectivity index is 3.76. The molecule has 0 aliphatic carbocycles. The number of hydrogen-bond donors (Lipinski definition) is 0. The minimum Gasteiger partial charge on any atom is -0.443 e. The van der Waals surface area contributed by atoms with E-state index in [4.69, 9.17) is 5.53 Å². The van der Waals surface area contributed by atoms with Crippen LogP contribution in [0, 0.1) is 0 Å². The predicted octanol–water partition coefficient (Wildman–Crippen LogP) is 1.73. The van der Waals surface area contributed by atoms with Crippen molar-refractivity contribution in [3.8, 4) is 0 Å². The van der Waals surface area contributed by atoms with Gasteiger partial charge in [0.1, 0.15) is 0 Å². The lowest BCUT2D eigenvalue weighted by atomic mass is 10.6. The van der Waals surface area contributed by atoms with Gasteiger partial charge < -0.3 is 9.64 Å². The zero-order chi connectivity index (χ0) is 9.40. The number of rotatable bonds is 4. The Bertz CT molecular complexity index is 184. The van der Waals surface area contributed by atoms with Crippen molar-refractivity contribution in [1.82, 2.24) is 4.90 Å². The summed E-state index contributed by atoms with van der Waals surface area (Å²) in [6, 6.07) is 0. The summed E-state index contributed by atoms with van der Waals surface area (Å²) in [4.78, 5) is 14.9. The van der Waals surface area contributed by atoms with E-state index in [1.807, 2.05) is 13.8 Å². The quantitative estimate of drug-likeness (QED) is 0.367. The first-order chi connectivity index (χ1) is 5.76. The highest BCUT2D eigenvalue weighted by molar-refractivity contribution is 5.67. The first-order valence-electron chi connectivity index (χ1n) is 3.68. The lowest BCUT2D eigenvalue weighted by Gasteiger charge is -2.16. The molecule has 0 radical (unpaired) electrons. The van der Waals surface area contributed by atoms with Gasteiger partial charge in [-0.2, -0.15) is 0 Å². The molecular weight excluding hydrogens is 160 g/mol. The van der Waals surface area contributed by atoms with Gasteiger partial charge in [-0.15, -0.1) is 0 Å². The molecule has 0 atom stereocenters. The van der Waals surface area contributed by atoms with Gasteiger partial charge in [-0.1, -0.05) is 5.11 Å². The van der Waals surface area contributed by atoms with Gasteiger partial charge in [0, 0.05) is 18.0 Å². The molecule has 0 aliphatic rings. The highest BCUT2D eigenvalue weighted by Crippen LogP contribution is 1.92. The molecule has 0 bridgehead atoms. The summed E-state index contributed by atoms with van der Waals surface area (Å²) in [6.07, 6.45) is -0.451. The standard InChI is InChI=1S/C6H12N4O2/c1-3-10(4-2)6(11)12-5-8-9-7/h3-5H2,1-2H3. The minimum absolute atomic E-state index is 0.244. The molecule has 0 aromatic rings. The summed E-state index contributed by atoms with van der Waals surface area (Å²) in [7, 11) is 0. The number of ether oxygens (including phenoxy) is 1. The Hall–Kier alpha value is -1.42. The lowest BCUT2D eigenvalue weighted by Crippen LogP contribution is -2.31. The second-order valence-corrected chi connectivity index (χ2v) is 1.94. The summed E-state index contributed by atoms with van der Waals surface area (Å²) in [5, 5.41) is 3.07. The van der Waals surface area contributed by atoms with E-state index in [1.54, 1.807) is 0 Å². The van der Waals surface area contributed by atoms with Crippen molar-refractivity contribution in [2.24, 2.45) is 5.11 Å². The van der Waals surface area contributed by atoms with E-state index in [9.17, 15) is 4.79 Å². The number of amides is 1. The third-order valence-electron chi connectivity index (χ3n) is 1.33. The summed E-state index contributed by atoms with van der Waals surface area (Å²) < 4.78 is 4.59. The van der Waals surface area contributed by atoms with Crippen molar-refractivity contribution in [2.75, 3.05) is 19.8 Å². The smallest absolute Gasteiger partial charge is 0.409 e. The lowest BCUT2D eigenvalue weighted by molar-refractivity contribution is 0.109. The normalized spacial score (nSPS) is 8.50. The van der Waals surface area contributed by atoms with Crippen molar-refractivity contribution in [2.45, 2.75) is 13.8 Å². The van der Waals surface area contributed by atoms with E-state index < -0.39 is 6.09 Å². The predicted molar refractivity (Wildman–Crippen MR) is 43.4 cm³/mol. The molecule has 0 rings (SSSR count). The summed E-state index contributed by atoms with van der Waals surface area (Å²) in [5.41, 5.74) is 7.89. The van der Waals surface area contributed by atoms with E-state index in [0.717, 1.165) is 0 Å². The van der Waals surface area contributed by atoms with Crippen LogP contribution in [0.15, 0.2) is 5.11 Å². The average Bonchev–Trinajstić information content (AvgIpc) is 2.07. The molecule has 1 amide bonds. The van der Waals surface area contributed by atoms with Crippen molar-refractivity contribution < 1.29 is 9.53 Å². The number of azide groups is 1. The van der Waals surface area contributed by atoms with Crippen LogP contribution in [-0.2, 0) is 4.74 Å². The van der Waals surface area contributed by atoms with E-state index in [1.165, 1.54) is 4.90 Å². The van der Waals surface area contributed by atoms with Gasteiger partial charge >= 0.3 is 6.09 Å². The van der Waals surface area contributed by atoms with Crippen LogP contribution in [0.5, 0.6) is 0 Å². The monoisotopic (exact) mass is 172 g/mol. The summed E-state index contributed by atoms with van der Waals surface area (Å²) in [5.74, 6) is 0. The highest BCUT2D eigenvalue weighted by Gasteiger charge is 2.08. The maximum Gasteiger partial charge on any atom is 0.409 e. The number of hydrogen-bond acceptors (Lipinski definition) is 3. The third kappa shape index (κ3) is 3.68. The molecule has 0 N–H and O–H groups in total. The average molecular weight is 172 g/mol. The molecule has 0 fully saturated rings. The van der Waals surface area contributed by atoms with Crippen molar-refractivity contribution in [3.63, 3.8) is 0 Å². The van der Waals surface area contributed by atoms with Crippen LogP contribution in [0.25, 0.3) is 10.4 Å². The molecule has 0 heterocycles. The van der Waals surface area contributed by atoms with Crippen LogP contribution < -0.4 is 0 Å². The van der Waals surface area contributed by atoms with Crippen molar-refractivity contribution in [3.05, 3.63) is 10.4 Å². The maximum atomic E-state index is 11.0. The second-order valence-electron chi connectivity index (χ2n) is 1.94. The van der Waals surface area contributed by atoms with Crippen LogP contribution in [0.2, 0.25) is 0 Å². The zero-order valence-corrected chi connectivity index (χ0v) is 7.23. The second kappa shape index (κ2) is 6.30. The molecule has 6 heteroatoms. The molecule has 0 aliphatic heterocycles. The molecule has 0 saturated carbocycles. The Morgan fingerprint density at radius 1 is 1.58 bits per heavy atom. The molecule has 68 valence electrons. The van der Waals surface area contributed by atoms with Crippen LogP contribution in [-0.4, -0.2) is 30.8 Å². The van der Waals surface area contributed by atoms with Gasteiger partial charge in [-0.25, -0.2) is 4.79 Å². The molecule has 12 heavy (non-hydrogen) atoms.